The zero-order valence-corrected chi connectivity index (χ0v) is 18.6. The molecule has 1 N–H and O–H groups in total. The van der Waals surface area contributed by atoms with Crippen molar-refractivity contribution in [3.8, 4) is 11.5 Å². The molecule has 1 saturated heterocycles. The van der Waals surface area contributed by atoms with Gasteiger partial charge in [0.05, 0.1) is 19.1 Å². The monoisotopic (exact) mass is 432 g/mol. The first-order valence-electron chi connectivity index (χ1n) is 9.86. The second-order valence-corrected chi connectivity index (χ2v) is 9.43. The fourth-order valence-corrected chi connectivity index (χ4v) is 5.35. The fraction of sp³-hybridized carbons (Fsp3) is 0.409. The van der Waals surface area contributed by atoms with Gasteiger partial charge >= 0.3 is 0 Å². The van der Waals surface area contributed by atoms with E-state index in [9.17, 15) is 13.2 Å². The summed E-state index contributed by atoms with van der Waals surface area (Å²) in [4.78, 5) is 13.0. The Morgan fingerprint density at radius 3 is 2.13 bits per heavy atom. The molecule has 1 aliphatic heterocycles. The van der Waals surface area contributed by atoms with Gasteiger partial charge < -0.3 is 14.8 Å². The summed E-state index contributed by atoms with van der Waals surface area (Å²) in [5, 5.41) is 3.00. The Morgan fingerprint density at radius 2 is 1.60 bits per heavy atom. The highest BCUT2D eigenvalue weighted by atomic mass is 32.2. The van der Waals surface area contributed by atoms with Gasteiger partial charge in [0, 0.05) is 30.8 Å². The van der Waals surface area contributed by atoms with Crippen LogP contribution in [-0.2, 0) is 10.0 Å². The van der Waals surface area contributed by atoms with E-state index in [-0.39, 0.29) is 11.9 Å². The van der Waals surface area contributed by atoms with Crippen LogP contribution in [0.15, 0.2) is 41.3 Å². The van der Waals surface area contributed by atoms with Crippen molar-refractivity contribution < 1.29 is 22.7 Å². The molecular formula is C22H28N2O5S. The Kier molecular flexibility index (Phi) is 6.67. The predicted octanol–water partition coefficient (Wildman–Crippen LogP) is 2.90. The van der Waals surface area contributed by atoms with E-state index in [1.807, 2.05) is 26.0 Å². The molecule has 2 aromatic rings. The van der Waals surface area contributed by atoms with E-state index in [2.05, 4.69) is 5.32 Å². The lowest BCUT2D eigenvalue weighted by molar-refractivity contribution is 0.0923. The molecular weight excluding hydrogens is 404 g/mol. The van der Waals surface area contributed by atoms with Gasteiger partial charge in [0.25, 0.3) is 5.91 Å². The van der Waals surface area contributed by atoms with Crippen molar-refractivity contribution in [2.45, 2.75) is 37.6 Å². The summed E-state index contributed by atoms with van der Waals surface area (Å²) >= 11 is 0. The molecule has 7 nitrogen and oxygen atoms in total. The molecule has 1 fully saturated rings. The van der Waals surface area contributed by atoms with Crippen molar-refractivity contribution in [2.24, 2.45) is 0 Å². The molecule has 0 unspecified atom stereocenters. The molecule has 0 aliphatic carbocycles. The van der Waals surface area contributed by atoms with E-state index in [0.717, 1.165) is 11.1 Å². The number of aryl methyl sites for hydroxylation is 2. The number of rotatable bonds is 6. The third-order valence-corrected chi connectivity index (χ3v) is 7.41. The van der Waals surface area contributed by atoms with Crippen LogP contribution in [0.2, 0.25) is 0 Å². The minimum atomic E-state index is -3.54. The van der Waals surface area contributed by atoms with Crippen molar-refractivity contribution in [2.75, 3.05) is 27.3 Å². The molecule has 30 heavy (non-hydrogen) atoms. The van der Waals surface area contributed by atoms with Gasteiger partial charge in [-0.1, -0.05) is 17.7 Å². The van der Waals surface area contributed by atoms with Crippen molar-refractivity contribution >= 4 is 15.9 Å². The van der Waals surface area contributed by atoms with E-state index >= 15 is 0 Å². The molecule has 0 aromatic heterocycles. The highest BCUT2D eigenvalue weighted by Crippen LogP contribution is 2.25. The van der Waals surface area contributed by atoms with Crippen LogP contribution in [0.1, 0.15) is 34.3 Å². The average molecular weight is 433 g/mol. The maximum Gasteiger partial charge on any atom is 0.251 e. The van der Waals surface area contributed by atoms with Gasteiger partial charge in [0.15, 0.2) is 0 Å². The Labute approximate surface area is 178 Å². The highest BCUT2D eigenvalue weighted by Gasteiger charge is 2.31. The minimum absolute atomic E-state index is 0.0970. The lowest BCUT2D eigenvalue weighted by Crippen LogP contribution is -2.46. The average Bonchev–Trinajstić information content (AvgIpc) is 2.73. The number of sulfonamides is 1. The number of piperidine rings is 1. The third kappa shape index (κ3) is 4.76. The molecule has 0 radical (unpaired) electrons. The second kappa shape index (κ2) is 9.06. The zero-order chi connectivity index (χ0) is 21.9. The normalized spacial score (nSPS) is 15.6. The number of amides is 1. The summed E-state index contributed by atoms with van der Waals surface area (Å²) < 4.78 is 38.0. The molecule has 162 valence electrons. The molecule has 1 aliphatic rings. The van der Waals surface area contributed by atoms with Crippen LogP contribution in [0.3, 0.4) is 0 Å². The summed E-state index contributed by atoms with van der Waals surface area (Å²) in [7, 11) is -0.484. The predicted molar refractivity (Wildman–Crippen MR) is 115 cm³/mol. The number of carbonyl (C=O) groups is 1. The standard InChI is InChI=1S/C22H28N2O5S/c1-15-5-6-21(16(2)11-15)30(26,27)24-9-7-18(8-10-24)23-22(25)17-12-19(28-3)14-20(13-17)29-4/h5-6,11-14,18H,7-10H2,1-4H3,(H,23,25). The quantitative estimate of drug-likeness (QED) is 0.759. The molecule has 3 rings (SSSR count). The number of benzene rings is 2. The first-order chi connectivity index (χ1) is 14.2. The van der Waals surface area contributed by atoms with E-state index in [0.29, 0.717) is 47.9 Å². The van der Waals surface area contributed by atoms with Crippen molar-refractivity contribution in [3.63, 3.8) is 0 Å². The van der Waals surface area contributed by atoms with Crippen LogP contribution in [0, 0.1) is 13.8 Å². The number of methoxy groups -OCH3 is 2. The number of nitrogens with one attached hydrogen (secondary N) is 1. The Morgan fingerprint density at radius 1 is 1.00 bits per heavy atom. The van der Waals surface area contributed by atoms with Crippen LogP contribution in [0.5, 0.6) is 11.5 Å². The molecule has 0 saturated carbocycles. The Hall–Kier alpha value is -2.58. The molecule has 2 aromatic carbocycles. The fourth-order valence-electron chi connectivity index (χ4n) is 3.68. The van der Waals surface area contributed by atoms with Gasteiger partial charge in [-0.25, -0.2) is 8.42 Å². The van der Waals surface area contributed by atoms with E-state index in [1.54, 1.807) is 24.3 Å². The molecule has 8 heteroatoms. The summed E-state index contributed by atoms with van der Waals surface area (Å²) in [5.41, 5.74) is 2.22. The van der Waals surface area contributed by atoms with Crippen LogP contribution in [0.25, 0.3) is 0 Å². The second-order valence-electron chi connectivity index (χ2n) is 7.52. The van der Waals surface area contributed by atoms with Crippen molar-refractivity contribution in [1.82, 2.24) is 9.62 Å². The zero-order valence-electron chi connectivity index (χ0n) is 17.8. The lowest BCUT2D eigenvalue weighted by Gasteiger charge is -2.32. The van der Waals surface area contributed by atoms with Gasteiger partial charge in [-0.3, -0.25) is 4.79 Å². The maximum absolute atomic E-state index is 13.0. The summed E-state index contributed by atoms with van der Waals surface area (Å²) in [6.45, 7) is 4.48. The number of carbonyl (C=O) groups excluding carboxylic acids is 1. The van der Waals surface area contributed by atoms with Gasteiger partial charge in [-0.15, -0.1) is 0 Å². The van der Waals surface area contributed by atoms with E-state index in [4.69, 9.17) is 9.47 Å². The van der Waals surface area contributed by atoms with Gasteiger partial charge in [0.2, 0.25) is 10.0 Å². The van der Waals surface area contributed by atoms with Gasteiger partial charge in [-0.05, 0) is 50.5 Å². The van der Waals surface area contributed by atoms with Crippen LogP contribution in [0.4, 0.5) is 0 Å². The number of hydrogen-bond acceptors (Lipinski definition) is 5. The Bertz CT molecular complexity index is 1010. The van der Waals surface area contributed by atoms with Crippen LogP contribution < -0.4 is 14.8 Å². The third-order valence-electron chi connectivity index (χ3n) is 5.35. The van der Waals surface area contributed by atoms with Crippen molar-refractivity contribution in [1.29, 1.82) is 0 Å². The summed E-state index contributed by atoms with van der Waals surface area (Å²) in [5.74, 6) is 0.839. The maximum atomic E-state index is 13.0. The topological polar surface area (TPSA) is 84.9 Å². The minimum Gasteiger partial charge on any atom is -0.497 e. The van der Waals surface area contributed by atoms with Crippen LogP contribution >= 0.6 is 0 Å². The number of ether oxygens (including phenoxy) is 2. The van der Waals surface area contributed by atoms with E-state index < -0.39 is 10.0 Å². The SMILES string of the molecule is COc1cc(OC)cc(C(=O)NC2CCN(S(=O)(=O)c3ccc(C)cc3C)CC2)c1. The van der Waals surface area contributed by atoms with Crippen LogP contribution in [-0.4, -0.2) is 52.0 Å². The lowest BCUT2D eigenvalue weighted by atomic mass is 10.1. The summed E-state index contributed by atoms with van der Waals surface area (Å²) in [6, 6.07) is 10.3. The Balaban J connectivity index is 1.65. The summed E-state index contributed by atoms with van der Waals surface area (Å²) in [6.07, 6.45) is 1.11. The molecule has 1 heterocycles. The number of nitrogens with zero attached hydrogens (tertiary/aromatic N) is 1. The smallest absolute Gasteiger partial charge is 0.251 e. The largest absolute Gasteiger partial charge is 0.497 e. The first kappa shape index (κ1) is 22.1. The number of hydrogen-bond donors (Lipinski definition) is 1. The molecule has 0 bridgehead atoms. The first-order valence-corrected chi connectivity index (χ1v) is 11.3. The highest BCUT2D eigenvalue weighted by molar-refractivity contribution is 7.89. The van der Waals surface area contributed by atoms with Gasteiger partial charge in [-0.2, -0.15) is 4.31 Å². The molecule has 0 spiro atoms. The van der Waals surface area contributed by atoms with E-state index in [1.165, 1.54) is 18.5 Å². The molecule has 0 atom stereocenters. The molecule has 1 amide bonds. The van der Waals surface area contributed by atoms with Gasteiger partial charge in [0.1, 0.15) is 11.5 Å². The van der Waals surface area contributed by atoms with Crippen molar-refractivity contribution in [3.05, 3.63) is 53.1 Å².